The topological polar surface area (TPSA) is 57.0 Å². The normalized spacial score (nSPS) is 26.0. The fourth-order valence-electron chi connectivity index (χ4n) is 4.00. The predicted octanol–water partition coefficient (Wildman–Crippen LogP) is 1.32. The molecule has 24 heavy (non-hydrogen) atoms. The van der Waals surface area contributed by atoms with E-state index < -0.39 is 0 Å². The highest BCUT2D eigenvalue weighted by atomic mass is 16.3. The maximum absolute atomic E-state index is 12.8. The average Bonchev–Trinajstić information content (AvgIpc) is 3.17. The molecule has 3 aliphatic rings. The van der Waals surface area contributed by atoms with Crippen LogP contribution in [0, 0.1) is 5.92 Å². The van der Waals surface area contributed by atoms with Gasteiger partial charge in [-0.05, 0) is 25.0 Å². The van der Waals surface area contributed by atoms with Crippen LogP contribution in [-0.2, 0) is 16.1 Å². The minimum Gasteiger partial charge on any atom is -0.467 e. The van der Waals surface area contributed by atoms with Gasteiger partial charge in [-0.1, -0.05) is 6.42 Å². The van der Waals surface area contributed by atoms with Crippen molar-refractivity contribution in [1.82, 2.24) is 14.7 Å². The van der Waals surface area contributed by atoms with Crippen LogP contribution in [0.3, 0.4) is 0 Å². The van der Waals surface area contributed by atoms with E-state index in [2.05, 4.69) is 4.90 Å². The molecule has 0 radical (unpaired) electrons. The number of piperazine rings is 1. The number of carbonyl (C=O) groups excluding carboxylic acids is 2. The molecule has 4 rings (SSSR count). The highest BCUT2D eigenvalue weighted by Gasteiger charge is 2.38. The van der Waals surface area contributed by atoms with Crippen LogP contribution >= 0.6 is 0 Å². The van der Waals surface area contributed by atoms with Crippen LogP contribution in [0.15, 0.2) is 22.8 Å². The lowest BCUT2D eigenvalue weighted by molar-refractivity contribution is -0.138. The molecule has 1 aliphatic carbocycles. The van der Waals surface area contributed by atoms with E-state index in [-0.39, 0.29) is 17.7 Å². The molecule has 3 fully saturated rings. The van der Waals surface area contributed by atoms with Crippen LogP contribution in [0.5, 0.6) is 0 Å². The monoisotopic (exact) mass is 331 g/mol. The third-order valence-corrected chi connectivity index (χ3v) is 5.71. The summed E-state index contributed by atoms with van der Waals surface area (Å²) in [5.41, 5.74) is 0. The molecule has 0 aromatic carbocycles. The molecule has 6 nitrogen and oxygen atoms in total. The molecule has 3 heterocycles. The molecule has 1 atom stereocenters. The van der Waals surface area contributed by atoms with Gasteiger partial charge in [-0.15, -0.1) is 0 Å². The van der Waals surface area contributed by atoms with Crippen molar-refractivity contribution < 1.29 is 14.0 Å². The molecule has 0 spiro atoms. The summed E-state index contributed by atoms with van der Waals surface area (Å²) in [6.07, 6.45) is 5.92. The second-order valence-corrected chi connectivity index (χ2v) is 7.20. The fourth-order valence-corrected chi connectivity index (χ4v) is 4.00. The number of furan rings is 1. The lowest BCUT2D eigenvalue weighted by Gasteiger charge is -2.43. The smallest absolute Gasteiger partial charge is 0.228 e. The first-order valence-corrected chi connectivity index (χ1v) is 9.03. The third-order valence-electron chi connectivity index (χ3n) is 5.71. The first kappa shape index (κ1) is 15.7. The number of rotatable bonds is 4. The van der Waals surface area contributed by atoms with E-state index in [1.54, 1.807) is 11.2 Å². The van der Waals surface area contributed by atoms with Crippen molar-refractivity contribution >= 4 is 11.8 Å². The van der Waals surface area contributed by atoms with Gasteiger partial charge in [0.1, 0.15) is 5.76 Å². The van der Waals surface area contributed by atoms with Crippen LogP contribution in [-0.4, -0.2) is 65.3 Å². The molecule has 2 saturated heterocycles. The summed E-state index contributed by atoms with van der Waals surface area (Å²) in [7, 11) is 0. The molecule has 1 aromatic rings. The lowest BCUT2D eigenvalue weighted by atomic mass is 9.91. The Labute approximate surface area is 142 Å². The van der Waals surface area contributed by atoms with Gasteiger partial charge in [0, 0.05) is 45.2 Å². The van der Waals surface area contributed by atoms with Gasteiger partial charge in [-0.2, -0.15) is 0 Å². The second-order valence-electron chi connectivity index (χ2n) is 7.20. The molecule has 6 heteroatoms. The predicted molar refractivity (Wildman–Crippen MR) is 88.0 cm³/mol. The molecule has 0 N–H and O–H groups in total. The Bertz CT molecular complexity index is 589. The Morgan fingerprint density at radius 1 is 1.21 bits per heavy atom. The van der Waals surface area contributed by atoms with Gasteiger partial charge in [-0.3, -0.25) is 14.5 Å². The number of hydrogen-bond acceptors (Lipinski definition) is 4. The van der Waals surface area contributed by atoms with Gasteiger partial charge in [-0.25, -0.2) is 0 Å². The van der Waals surface area contributed by atoms with Crippen molar-refractivity contribution in [3.05, 3.63) is 24.2 Å². The van der Waals surface area contributed by atoms with Gasteiger partial charge in [0.25, 0.3) is 0 Å². The van der Waals surface area contributed by atoms with Crippen molar-refractivity contribution in [1.29, 1.82) is 0 Å². The zero-order valence-electron chi connectivity index (χ0n) is 14.0. The molecule has 0 unspecified atom stereocenters. The van der Waals surface area contributed by atoms with Gasteiger partial charge >= 0.3 is 0 Å². The Morgan fingerprint density at radius 2 is 2.00 bits per heavy atom. The maximum Gasteiger partial charge on any atom is 0.228 e. The standard InChI is InChI=1S/C18H25N3O3/c22-17-11-14(12-21(17)13-16-5-2-10-24-16)18(23)20-8-6-19(7-9-20)15-3-1-4-15/h2,5,10,14-15H,1,3-4,6-9,11-13H2/t14-/m1/s1. The third kappa shape index (κ3) is 3.07. The van der Waals surface area contributed by atoms with Crippen LogP contribution in [0.2, 0.25) is 0 Å². The largest absolute Gasteiger partial charge is 0.467 e. The Balaban J connectivity index is 1.29. The van der Waals surface area contributed by atoms with Crippen molar-refractivity contribution in [3.63, 3.8) is 0 Å². The number of nitrogens with zero attached hydrogens (tertiary/aromatic N) is 3. The van der Waals surface area contributed by atoms with Crippen LogP contribution in [0.1, 0.15) is 31.4 Å². The van der Waals surface area contributed by atoms with Crippen molar-refractivity contribution in [2.75, 3.05) is 32.7 Å². The summed E-state index contributed by atoms with van der Waals surface area (Å²) in [5, 5.41) is 0. The van der Waals surface area contributed by atoms with E-state index in [4.69, 9.17) is 4.42 Å². The van der Waals surface area contributed by atoms with Crippen LogP contribution in [0.4, 0.5) is 0 Å². The number of carbonyl (C=O) groups is 2. The van der Waals surface area contributed by atoms with Crippen LogP contribution < -0.4 is 0 Å². The van der Waals surface area contributed by atoms with E-state index in [1.165, 1.54) is 19.3 Å². The molecule has 2 aliphatic heterocycles. The van der Waals surface area contributed by atoms with Gasteiger partial charge in [0.2, 0.25) is 11.8 Å². The van der Waals surface area contributed by atoms with Crippen molar-refractivity contribution in [3.8, 4) is 0 Å². The lowest BCUT2D eigenvalue weighted by Crippen LogP contribution is -2.54. The summed E-state index contributed by atoms with van der Waals surface area (Å²) < 4.78 is 5.31. The van der Waals surface area contributed by atoms with Crippen molar-refractivity contribution in [2.45, 2.75) is 38.3 Å². The quantitative estimate of drug-likeness (QED) is 0.835. The summed E-state index contributed by atoms with van der Waals surface area (Å²) in [5.74, 6) is 0.782. The molecule has 130 valence electrons. The minimum atomic E-state index is -0.192. The summed E-state index contributed by atoms with van der Waals surface area (Å²) in [4.78, 5) is 31.2. The fraction of sp³-hybridized carbons (Fsp3) is 0.667. The van der Waals surface area contributed by atoms with E-state index >= 15 is 0 Å². The van der Waals surface area contributed by atoms with Gasteiger partial charge in [0.05, 0.1) is 18.7 Å². The molecule has 0 bridgehead atoms. The second kappa shape index (κ2) is 6.59. The SMILES string of the molecule is O=C1C[C@@H](C(=O)N2CCN(C3CCC3)CC2)CN1Cc1ccco1. The summed E-state index contributed by atoms with van der Waals surface area (Å²) in [6, 6.07) is 4.43. The maximum atomic E-state index is 12.8. The zero-order chi connectivity index (χ0) is 16.5. The van der Waals surface area contributed by atoms with E-state index in [1.807, 2.05) is 17.0 Å². The summed E-state index contributed by atoms with van der Waals surface area (Å²) in [6.45, 7) is 4.54. The van der Waals surface area contributed by atoms with Gasteiger partial charge in [0.15, 0.2) is 0 Å². The Hall–Kier alpha value is -1.82. The highest BCUT2D eigenvalue weighted by Crippen LogP contribution is 2.27. The minimum absolute atomic E-state index is 0.0536. The average molecular weight is 331 g/mol. The molecular formula is C18H25N3O3. The van der Waals surface area contributed by atoms with E-state index in [0.717, 1.165) is 38.0 Å². The molecule has 2 amide bonds. The Morgan fingerprint density at radius 3 is 2.62 bits per heavy atom. The molecule has 1 aromatic heterocycles. The first-order valence-electron chi connectivity index (χ1n) is 9.03. The zero-order valence-corrected chi connectivity index (χ0v) is 14.0. The number of likely N-dealkylation sites (tertiary alicyclic amines) is 1. The van der Waals surface area contributed by atoms with Crippen LogP contribution in [0.25, 0.3) is 0 Å². The summed E-state index contributed by atoms with van der Waals surface area (Å²) >= 11 is 0. The molecular weight excluding hydrogens is 306 g/mol. The highest BCUT2D eigenvalue weighted by molar-refractivity contribution is 5.89. The van der Waals surface area contributed by atoms with E-state index in [0.29, 0.717) is 19.5 Å². The number of amides is 2. The van der Waals surface area contributed by atoms with Crippen molar-refractivity contribution in [2.24, 2.45) is 5.92 Å². The van der Waals surface area contributed by atoms with E-state index in [9.17, 15) is 9.59 Å². The van der Waals surface area contributed by atoms with Gasteiger partial charge < -0.3 is 14.2 Å². The first-order chi connectivity index (χ1) is 11.7. The number of hydrogen-bond donors (Lipinski definition) is 0. The Kier molecular flexibility index (Phi) is 4.31. The molecule has 1 saturated carbocycles.